The molecule has 0 heterocycles. The molecule has 3 unspecified atom stereocenters. The summed E-state index contributed by atoms with van der Waals surface area (Å²) in [6.45, 7) is 20.3. The van der Waals surface area contributed by atoms with Gasteiger partial charge in [-0.1, -0.05) is 228 Å². The van der Waals surface area contributed by atoms with E-state index in [1.54, 1.807) is 0 Å². The van der Waals surface area contributed by atoms with E-state index >= 15 is 0 Å². The molecule has 9 heteroatoms. The Morgan fingerprint density at radius 2 is 0.757 bits per heavy atom. The largest absolute Gasteiger partial charge is 0.465 e. The number of hydrogen-bond donors (Lipinski definition) is 1. The molecule has 3 atom stereocenters. The second kappa shape index (κ2) is 51.7. The molecule has 9 nitrogen and oxygen atoms in total. The van der Waals surface area contributed by atoms with Gasteiger partial charge in [0.05, 0.1) is 13.2 Å². The number of hydrogen-bond acceptors (Lipinski definition) is 7. The number of carbonyl (C=O) groups is 4. The lowest BCUT2D eigenvalue weighted by molar-refractivity contribution is -0.146. The number of nitrogens with zero attached hydrogens (tertiary/aromatic N) is 2. The fourth-order valence-electron chi connectivity index (χ4n) is 9.89. The molecule has 0 saturated carbocycles. The molecule has 0 aliphatic rings. The van der Waals surface area contributed by atoms with E-state index in [1.165, 1.54) is 128 Å². The van der Waals surface area contributed by atoms with Gasteiger partial charge in [0, 0.05) is 38.9 Å². The molecule has 0 aliphatic heterocycles. The van der Waals surface area contributed by atoms with Crippen molar-refractivity contribution in [3.63, 3.8) is 0 Å². The first-order valence-corrected chi connectivity index (χ1v) is 30.8. The van der Waals surface area contributed by atoms with Crippen molar-refractivity contribution in [2.75, 3.05) is 45.9 Å². The second-order valence-corrected chi connectivity index (χ2v) is 21.3. The third-order valence-electron chi connectivity index (χ3n) is 14.8. The molecular weight excluding hydrogens is 871 g/mol. The van der Waals surface area contributed by atoms with Gasteiger partial charge in [0.1, 0.15) is 6.04 Å². The molecule has 0 saturated heterocycles. The minimum atomic E-state index is -0.487. The van der Waals surface area contributed by atoms with Crippen LogP contribution in [0.3, 0.4) is 0 Å². The van der Waals surface area contributed by atoms with Crippen LogP contribution >= 0.6 is 0 Å². The first-order valence-electron chi connectivity index (χ1n) is 30.8. The highest BCUT2D eigenvalue weighted by Crippen LogP contribution is 2.22. The number of nitrogens with one attached hydrogen (secondary N) is 1. The van der Waals surface area contributed by atoms with Crippen LogP contribution in [0.4, 0.5) is 0 Å². The van der Waals surface area contributed by atoms with Crippen LogP contribution in [-0.4, -0.2) is 85.5 Å². The van der Waals surface area contributed by atoms with E-state index in [9.17, 15) is 19.2 Å². The van der Waals surface area contributed by atoms with Gasteiger partial charge in [-0.05, 0) is 82.7 Å². The Morgan fingerprint density at radius 1 is 0.386 bits per heavy atom. The number of amides is 2. The van der Waals surface area contributed by atoms with Crippen molar-refractivity contribution >= 4 is 23.8 Å². The van der Waals surface area contributed by atoms with Gasteiger partial charge in [-0.3, -0.25) is 19.2 Å². The smallest absolute Gasteiger partial charge is 0.305 e. The molecule has 0 aromatic rings. The Hall–Kier alpha value is -2.16. The van der Waals surface area contributed by atoms with Gasteiger partial charge in [-0.15, -0.1) is 0 Å². The first-order chi connectivity index (χ1) is 34.2. The highest BCUT2D eigenvalue weighted by atomic mass is 16.5. The van der Waals surface area contributed by atoms with Crippen LogP contribution in [0.15, 0.2) is 0 Å². The highest BCUT2D eigenvalue weighted by Gasteiger charge is 2.29. The normalized spacial score (nSPS) is 12.8. The summed E-state index contributed by atoms with van der Waals surface area (Å²) in [7, 11) is 0. The quantitative estimate of drug-likeness (QED) is 0.0478. The van der Waals surface area contributed by atoms with E-state index in [1.807, 2.05) is 4.90 Å². The van der Waals surface area contributed by atoms with Gasteiger partial charge < -0.3 is 24.6 Å². The van der Waals surface area contributed by atoms with Crippen molar-refractivity contribution in [2.24, 2.45) is 11.8 Å². The molecule has 0 rings (SSSR count). The van der Waals surface area contributed by atoms with E-state index < -0.39 is 6.04 Å². The van der Waals surface area contributed by atoms with E-state index in [-0.39, 0.29) is 23.8 Å². The summed E-state index contributed by atoms with van der Waals surface area (Å²) in [6, 6.07) is -0.487. The summed E-state index contributed by atoms with van der Waals surface area (Å²) in [5.74, 6) is 0.896. The molecule has 1 N–H and O–H groups in total. The topological polar surface area (TPSA) is 105 Å². The summed E-state index contributed by atoms with van der Waals surface area (Å²) >= 11 is 0. The van der Waals surface area contributed by atoms with Crippen molar-refractivity contribution in [3.8, 4) is 0 Å². The van der Waals surface area contributed by atoms with Gasteiger partial charge in [0.25, 0.3) is 0 Å². The van der Waals surface area contributed by atoms with Crippen LogP contribution in [0, 0.1) is 11.8 Å². The maximum absolute atomic E-state index is 14.1. The molecule has 414 valence electrons. The van der Waals surface area contributed by atoms with Crippen LogP contribution in [0.25, 0.3) is 0 Å². The summed E-state index contributed by atoms with van der Waals surface area (Å²) in [4.78, 5) is 58.0. The zero-order valence-electron chi connectivity index (χ0n) is 47.8. The van der Waals surface area contributed by atoms with Crippen LogP contribution in [0.1, 0.15) is 305 Å². The Morgan fingerprint density at radius 3 is 1.21 bits per heavy atom. The average molecular weight is 991 g/mol. The number of rotatable bonds is 54. The van der Waals surface area contributed by atoms with Crippen molar-refractivity contribution in [2.45, 2.75) is 311 Å². The Labute approximate surface area is 435 Å². The van der Waals surface area contributed by atoms with Gasteiger partial charge in [0.2, 0.25) is 11.8 Å². The zero-order valence-corrected chi connectivity index (χ0v) is 47.8. The van der Waals surface area contributed by atoms with Crippen molar-refractivity contribution in [1.29, 1.82) is 0 Å². The molecule has 70 heavy (non-hydrogen) atoms. The monoisotopic (exact) mass is 990 g/mol. The van der Waals surface area contributed by atoms with Crippen LogP contribution in [0.2, 0.25) is 0 Å². The molecular formula is C61H119N3O6. The molecule has 0 aromatic heterocycles. The summed E-state index contributed by atoms with van der Waals surface area (Å²) in [6.07, 6.45) is 43.0. The van der Waals surface area contributed by atoms with E-state index in [2.05, 4.69) is 58.7 Å². The summed E-state index contributed by atoms with van der Waals surface area (Å²) in [5, 5.41) is 3.26. The molecule has 0 aromatic carbocycles. The molecule has 0 bridgehead atoms. The number of carbonyl (C=O) groups excluding carboxylic acids is 4. The van der Waals surface area contributed by atoms with Gasteiger partial charge >= 0.3 is 11.9 Å². The third-order valence-corrected chi connectivity index (χ3v) is 14.8. The predicted molar refractivity (Wildman–Crippen MR) is 298 cm³/mol. The summed E-state index contributed by atoms with van der Waals surface area (Å²) in [5.41, 5.74) is 0. The molecule has 2 amide bonds. The molecule has 0 spiro atoms. The van der Waals surface area contributed by atoms with E-state index in [0.29, 0.717) is 70.4 Å². The minimum absolute atomic E-state index is 0.0152. The van der Waals surface area contributed by atoms with Crippen LogP contribution in [-0.2, 0) is 28.7 Å². The maximum atomic E-state index is 14.1. The molecule has 0 fully saturated rings. The van der Waals surface area contributed by atoms with Gasteiger partial charge in [-0.2, -0.15) is 0 Å². The standard InChI is InChI=1S/C61H119N3O6/c1-8-15-20-24-28-36-45-56(44-35-23-18-11-4)54-70-60(67)48-39-31-30-37-46-57(61(68)62-50-40-32-25-21-16-9-2)64(58(65)49-52-63(13-6)14-7)51-41-33-27-26-29-38-47-59(66)69-53-55(42-19-12-5)43-34-22-17-10-3/h55-57H,8-54H2,1-7H3,(H,62,68). The minimum Gasteiger partial charge on any atom is -0.465 e. The van der Waals surface area contributed by atoms with Crippen molar-refractivity contribution in [1.82, 2.24) is 15.1 Å². The lowest BCUT2D eigenvalue weighted by atomic mass is 9.95. The Bertz CT molecular complexity index is 1180. The Kier molecular flexibility index (Phi) is 50.1. The van der Waals surface area contributed by atoms with E-state index in [4.69, 9.17) is 9.47 Å². The van der Waals surface area contributed by atoms with Gasteiger partial charge in [-0.25, -0.2) is 0 Å². The second-order valence-electron chi connectivity index (χ2n) is 21.3. The van der Waals surface area contributed by atoms with Crippen LogP contribution < -0.4 is 5.32 Å². The third kappa shape index (κ3) is 41.3. The zero-order chi connectivity index (χ0) is 51.6. The fraction of sp³-hybridized carbons (Fsp3) is 0.934. The van der Waals surface area contributed by atoms with Gasteiger partial charge in [0.15, 0.2) is 0 Å². The SMILES string of the molecule is CCCCCCCCNC(=O)C(CCCCCCC(=O)OCC(CCCCCC)CCCCCCCC)N(CCCCCCCCC(=O)OCC(CCCC)CCCCCC)C(=O)CCN(CC)CC. The van der Waals surface area contributed by atoms with Crippen LogP contribution in [0.5, 0.6) is 0 Å². The first kappa shape index (κ1) is 67.8. The van der Waals surface area contributed by atoms with Crippen molar-refractivity contribution in [3.05, 3.63) is 0 Å². The van der Waals surface area contributed by atoms with E-state index in [0.717, 1.165) is 116 Å². The lowest BCUT2D eigenvalue weighted by Gasteiger charge is -2.32. The highest BCUT2D eigenvalue weighted by molar-refractivity contribution is 5.87. The summed E-state index contributed by atoms with van der Waals surface area (Å²) < 4.78 is 11.7. The number of ether oxygens (including phenoxy) is 2. The van der Waals surface area contributed by atoms with Crippen molar-refractivity contribution < 1.29 is 28.7 Å². The maximum Gasteiger partial charge on any atom is 0.305 e. The average Bonchev–Trinajstić information content (AvgIpc) is 3.36. The number of esters is 2. The fourth-order valence-corrected chi connectivity index (χ4v) is 9.89. The molecule has 0 aliphatic carbocycles. The predicted octanol–water partition coefficient (Wildman–Crippen LogP) is 16.7. The lowest BCUT2D eigenvalue weighted by Crippen LogP contribution is -2.50. The Balaban J connectivity index is 5.36. The number of unbranched alkanes of at least 4 members (excludes halogenated alkanes) is 25. The molecule has 0 radical (unpaired) electrons.